The van der Waals surface area contributed by atoms with Crippen molar-refractivity contribution in [2.24, 2.45) is 5.73 Å². The number of benzene rings is 1. The molecule has 1 aromatic heterocycles. The van der Waals surface area contributed by atoms with Crippen molar-refractivity contribution in [1.82, 2.24) is 4.98 Å². The molecule has 2 aromatic rings. The Kier molecular flexibility index (Phi) is 6.77. The van der Waals surface area contributed by atoms with E-state index in [4.69, 9.17) is 5.73 Å². The van der Waals surface area contributed by atoms with Crippen LogP contribution in [0.1, 0.15) is 28.4 Å². The number of allylic oxidation sites excluding steroid dienone is 2. The number of anilines is 1. The van der Waals surface area contributed by atoms with Crippen LogP contribution in [-0.4, -0.2) is 31.0 Å². The first-order valence-electron chi connectivity index (χ1n) is 8.91. The van der Waals surface area contributed by atoms with Crippen LogP contribution in [0.2, 0.25) is 0 Å². The van der Waals surface area contributed by atoms with Gasteiger partial charge < -0.3 is 10.6 Å². The number of aromatic nitrogens is 1. The molecule has 2 rings (SSSR count). The molecule has 0 aliphatic rings. The fourth-order valence-electron chi connectivity index (χ4n) is 2.92. The predicted octanol–water partition coefficient (Wildman–Crippen LogP) is 5.67. The molecule has 0 unspecified atom stereocenters. The molecular formula is C20H16F9N3O. The molecule has 180 valence electrons. The molecule has 0 amide bonds. The number of nitrogens with two attached hydrogens (primary N) is 1. The smallest absolute Gasteiger partial charge is 0.402 e. The van der Waals surface area contributed by atoms with Crippen molar-refractivity contribution in [2.45, 2.75) is 25.2 Å². The summed E-state index contributed by atoms with van der Waals surface area (Å²) in [5, 5.41) is 0. The lowest BCUT2D eigenvalue weighted by Gasteiger charge is -2.27. The summed E-state index contributed by atoms with van der Waals surface area (Å²) in [5.41, 5.74) is -3.79. The van der Waals surface area contributed by atoms with Gasteiger partial charge in [-0.2, -0.15) is 39.5 Å². The van der Waals surface area contributed by atoms with Crippen LogP contribution in [0, 0.1) is 5.95 Å². The molecule has 0 bridgehead atoms. The van der Waals surface area contributed by atoms with Gasteiger partial charge in [0.1, 0.15) is 5.56 Å². The van der Waals surface area contributed by atoms with Gasteiger partial charge in [0.05, 0.1) is 16.8 Å². The van der Waals surface area contributed by atoms with Gasteiger partial charge in [-0.05, 0) is 19.1 Å². The molecular weight excluding hydrogens is 469 g/mol. The summed E-state index contributed by atoms with van der Waals surface area (Å²) >= 11 is 0. The maximum atomic E-state index is 14.4. The first-order valence-corrected chi connectivity index (χ1v) is 8.91. The minimum absolute atomic E-state index is 0.350. The summed E-state index contributed by atoms with van der Waals surface area (Å²) in [6.45, 7) is 1.05. The van der Waals surface area contributed by atoms with Crippen LogP contribution in [0.25, 0.3) is 11.3 Å². The highest BCUT2D eigenvalue weighted by molar-refractivity contribution is 6.10. The summed E-state index contributed by atoms with van der Waals surface area (Å²) < 4.78 is 123. The quantitative estimate of drug-likeness (QED) is 0.257. The number of hydrogen-bond acceptors (Lipinski definition) is 4. The fraction of sp³-hybridized carbons (Fsp3) is 0.300. The molecule has 0 saturated carbocycles. The second-order valence-electron chi connectivity index (χ2n) is 7.14. The Morgan fingerprint density at radius 3 is 1.88 bits per heavy atom. The molecule has 0 fully saturated rings. The Hall–Kier alpha value is -3.25. The van der Waals surface area contributed by atoms with Crippen LogP contribution in [-0.2, 0) is 12.1 Å². The average Bonchev–Trinajstić information content (AvgIpc) is 2.64. The van der Waals surface area contributed by atoms with E-state index in [1.165, 1.54) is 12.1 Å². The third-order valence-corrected chi connectivity index (χ3v) is 4.37. The van der Waals surface area contributed by atoms with Crippen molar-refractivity contribution in [1.29, 1.82) is 0 Å². The summed E-state index contributed by atoms with van der Waals surface area (Å²) in [6, 6.07) is 4.78. The zero-order chi connectivity index (χ0) is 25.5. The molecule has 0 aliphatic carbocycles. The molecule has 4 nitrogen and oxygen atoms in total. The van der Waals surface area contributed by atoms with Gasteiger partial charge in [-0.15, -0.1) is 0 Å². The Bertz CT molecular complexity index is 1080. The van der Waals surface area contributed by atoms with Crippen molar-refractivity contribution in [3.63, 3.8) is 0 Å². The van der Waals surface area contributed by atoms with Crippen LogP contribution in [0.5, 0.6) is 0 Å². The molecule has 0 spiro atoms. The zero-order valence-electron chi connectivity index (χ0n) is 17.2. The number of carbonyl (C=O) groups excluding carboxylic acids is 1. The van der Waals surface area contributed by atoms with Gasteiger partial charge in [-0.25, -0.2) is 4.98 Å². The Labute approximate surface area is 181 Å². The summed E-state index contributed by atoms with van der Waals surface area (Å²) in [6.07, 6.45) is -12.3. The first kappa shape index (κ1) is 26.0. The number of pyridine rings is 1. The van der Waals surface area contributed by atoms with Crippen LogP contribution in [0.15, 0.2) is 36.0 Å². The van der Waals surface area contributed by atoms with Crippen LogP contribution >= 0.6 is 0 Å². The van der Waals surface area contributed by atoms with Crippen LogP contribution < -0.4 is 10.6 Å². The normalized spacial score (nSPS) is 13.3. The number of halogens is 9. The standard InChI is InChI=1S/C20H16F9N3O/c1-9(30)8-12(33)13-14(18(22,23)20(27,28)29)15(19(24,25)26)17(21)31-16(13)10-4-6-11(7-5-10)32(2)3/h4-8H,30H2,1-3H3/b9-8-. The molecule has 13 heteroatoms. The Morgan fingerprint density at radius 1 is 0.970 bits per heavy atom. The lowest BCUT2D eigenvalue weighted by molar-refractivity contribution is -0.291. The second kappa shape index (κ2) is 8.60. The van der Waals surface area contributed by atoms with E-state index < -0.39 is 58.1 Å². The maximum Gasteiger partial charge on any atom is 0.458 e. The SMILES string of the molecule is C/C(N)=C/C(=O)c1c(-c2ccc(N(C)C)cc2)nc(F)c(C(F)(F)F)c1C(F)(F)C(F)(F)F. The van der Waals surface area contributed by atoms with E-state index in [2.05, 4.69) is 4.98 Å². The van der Waals surface area contributed by atoms with E-state index >= 15 is 0 Å². The van der Waals surface area contributed by atoms with Gasteiger partial charge in [0, 0.05) is 37.1 Å². The second-order valence-corrected chi connectivity index (χ2v) is 7.14. The lowest BCUT2D eigenvalue weighted by atomic mass is 9.89. The summed E-state index contributed by atoms with van der Waals surface area (Å²) in [5.74, 6) is -10.6. The molecule has 33 heavy (non-hydrogen) atoms. The van der Waals surface area contributed by atoms with E-state index in [0.717, 1.165) is 19.1 Å². The first-order chi connectivity index (χ1) is 14.9. The Balaban J connectivity index is 3.12. The third kappa shape index (κ3) is 5.06. The van der Waals surface area contributed by atoms with E-state index in [1.807, 2.05) is 0 Å². The minimum atomic E-state index is -6.59. The van der Waals surface area contributed by atoms with Crippen molar-refractivity contribution in [3.8, 4) is 11.3 Å². The number of nitrogens with zero attached hydrogens (tertiary/aromatic N) is 2. The van der Waals surface area contributed by atoms with Gasteiger partial charge in [0.2, 0.25) is 5.95 Å². The van der Waals surface area contributed by atoms with Crippen molar-refractivity contribution in [3.05, 3.63) is 58.7 Å². The maximum absolute atomic E-state index is 14.4. The van der Waals surface area contributed by atoms with Gasteiger partial charge in [-0.1, -0.05) is 12.1 Å². The van der Waals surface area contributed by atoms with Crippen molar-refractivity contribution < 1.29 is 44.3 Å². The van der Waals surface area contributed by atoms with E-state index in [1.54, 1.807) is 19.0 Å². The molecule has 0 radical (unpaired) electrons. The molecule has 1 aromatic carbocycles. The third-order valence-electron chi connectivity index (χ3n) is 4.37. The number of carbonyl (C=O) groups is 1. The largest absolute Gasteiger partial charge is 0.458 e. The van der Waals surface area contributed by atoms with Crippen molar-refractivity contribution >= 4 is 11.5 Å². The summed E-state index contributed by atoms with van der Waals surface area (Å²) in [4.78, 5) is 17.2. The van der Waals surface area contributed by atoms with Gasteiger partial charge in [0.15, 0.2) is 5.78 Å². The predicted molar refractivity (Wildman–Crippen MR) is 101 cm³/mol. The molecule has 2 N–H and O–H groups in total. The Morgan fingerprint density at radius 2 is 1.48 bits per heavy atom. The topological polar surface area (TPSA) is 59.2 Å². The molecule has 1 heterocycles. The fourth-order valence-corrected chi connectivity index (χ4v) is 2.92. The summed E-state index contributed by atoms with van der Waals surface area (Å²) in [7, 11) is 3.22. The average molecular weight is 485 g/mol. The molecule has 0 saturated heterocycles. The van der Waals surface area contributed by atoms with Crippen LogP contribution in [0.4, 0.5) is 45.2 Å². The number of alkyl halides is 8. The lowest BCUT2D eigenvalue weighted by Crippen LogP contribution is -2.38. The van der Waals surface area contributed by atoms with E-state index in [9.17, 15) is 44.3 Å². The highest BCUT2D eigenvalue weighted by Crippen LogP contribution is 2.51. The van der Waals surface area contributed by atoms with Gasteiger partial charge >= 0.3 is 18.3 Å². The highest BCUT2D eigenvalue weighted by atomic mass is 19.4. The number of hydrogen-bond donors (Lipinski definition) is 1. The van der Waals surface area contributed by atoms with Crippen molar-refractivity contribution in [2.75, 3.05) is 19.0 Å². The van der Waals surface area contributed by atoms with Crippen LogP contribution in [0.3, 0.4) is 0 Å². The molecule has 0 aliphatic heterocycles. The number of ketones is 1. The number of rotatable bonds is 5. The van der Waals surface area contributed by atoms with E-state index in [0.29, 0.717) is 11.8 Å². The molecule has 0 atom stereocenters. The van der Waals surface area contributed by atoms with Gasteiger partial charge in [-0.3, -0.25) is 4.79 Å². The highest BCUT2D eigenvalue weighted by Gasteiger charge is 2.63. The monoisotopic (exact) mass is 485 g/mol. The zero-order valence-corrected chi connectivity index (χ0v) is 17.2. The minimum Gasteiger partial charge on any atom is -0.402 e. The van der Waals surface area contributed by atoms with E-state index in [-0.39, 0.29) is 5.56 Å². The van der Waals surface area contributed by atoms with Gasteiger partial charge in [0.25, 0.3) is 0 Å².